The highest BCUT2D eigenvalue weighted by atomic mass is 16.2. The molecule has 196 valence electrons. The first kappa shape index (κ1) is 23.6. The maximum absolute atomic E-state index is 13.1. The number of aryl methyl sites for hydroxylation is 3. The highest BCUT2D eigenvalue weighted by molar-refractivity contribution is 5.95. The van der Waals surface area contributed by atoms with Crippen molar-refractivity contribution in [2.24, 2.45) is 0 Å². The van der Waals surface area contributed by atoms with E-state index in [1.807, 2.05) is 17.2 Å². The Morgan fingerprint density at radius 3 is 2.65 bits per heavy atom. The SMILES string of the molecule is Cc1cc(C)cc(Nc2ncc3c(n2)CCCN(C2CCN(C(=O)c4cnc5c(c4)NNN5)CC2)C3)c1.[HH].[HH]. The van der Waals surface area contributed by atoms with E-state index in [2.05, 4.69) is 68.6 Å². The molecule has 4 N–H and O–H groups in total. The number of hydrogen-bond acceptors (Lipinski definition) is 9. The van der Waals surface area contributed by atoms with Crippen molar-refractivity contribution in [3.63, 3.8) is 0 Å². The van der Waals surface area contributed by atoms with Crippen molar-refractivity contribution in [2.75, 3.05) is 35.8 Å². The van der Waals surface area contributed by atoms with E-state index in [0.29, 0.717) is 23.4 Å². The summed E-state index contributed by atoms with van der Waals surface area (Å²) in [5, 5.41) is 3.38. The Kier molecular flexibility index (Phi) is 6.35. The Hall–Kier alpha value is -3.76. The van der Waals surface area contributed by atoms with E-state index in [1.54, 1.807) is 6.20 Å². The topological polar surface area (TPSA) is 110 Å². The molecule has 1 fully saturated rings. The number of fused-ring (bicyclic) bond motifs is 2. The quantitative estimate of drug-likeness (QED) is 0.419. The van der Waals surface area contributed by atoms with Gasteiger partial charge in [0.2, 0.25) is 5.95 Å². The van der Waals surface area contributed by atoms with Crippen LogP contribution in [0.5, 0.6) is 0 Å². The molecule has 0 aliphatic carbocycles. The van der Waals surface area contributed by atoms with Crippen molar-refractivity contribution >= 4 is 29.0 Å². The van der Waals surface area contributed by atoms with Crippen molar-refractivity contribution in [1.29, 1.82) is 0 Å². The number of amides is 1. The molecule has 0 saturated carbocycles. The molecule has 0 bridgehead atoms. The van der Waals surface area contributed by atoms with Crippen molar-refractivity contribution in [3.05, 3.63) is 64.6 Å². The molecule has 6 rings (SSSR count). The molecule has 0 radical (unpaired) electrons. The fourth-order valence-electron chi connectivity index (χ4n) is 5.64. The number of aromatic nitrogens is 3. The lowest BCUT2D eigenvalue weighted by Gasteiger charge is -2.38. The molecule has 0 atom stereocenters. The second-order valence-electron chi connectivity index (χ2n) is 10.3. The van der Waals surface area contributed by atoms with Crippen molar-refractivity contribution in [1.82, 2.24) is 30.3 Å². The van der Waals surface area contributed by atoms with Crippen LogP contribution in [0.1, 0.15) is 54.9 Å². The number of likely N-dealkylation sites (tertiary alicyclic amines) is 1. The summed E-state index contributed by atoms with van der Waals surface area (Å²) in [6.07, 6.45) is 7.59. The average Bonchev–Trinajstić information content (AvgIpc) is 3.26. The number of carbonyl (C=O) groups is 1. The van der Waals surface area contributed by atoms with Crippen molar-refractivity contribution in [2.45, 2.75) is 52.1 Å². The van der Waals surface area contributed by atoms with Crippen molar-refractivity contribution < 1.29 is 7.65 Å². The zero-order valence-electron chi connectivity index (χ0n) is 21.3. The number of pyridine rings is 1. The molecule has 0 spiro atoms. The maximum atomic E-state index is 13.1. The summed E-state index contributed by atoms with van der Waals surface area (Å²) in [5.74, 6) is 1.40. The minimum atomic E-state index is 0. The van der Waals surface area contributed by atoms with Crippen LogP contribution in [-0.4, -0.2) is 56.3 Å². The molecule has 3 aliphatic heterocycles. The molecule has 1 saturated heterocycles. The summed E-state index contributed by atoms with van der Waals surface area (Å²) in [6, 6.07) is 8.70. The smallest absolute Gasteiger partial charge is 0.255 e. The highest BCUT2D eigenvalue weighted by Crippen LogP contribution is 2.27. The Bertz CT molecular complexity index is 1310. The second-order valence-corrected chi connectivity index (χ2v) is 10.3. The normalized spacial score (nSPS) is 17.8. The predicted octanol–water partition coefficient (Wildman–Crippen LogP) is 4.03. The van der Waals surface area contributed by atoms with Gasteiger partial charge >= 0.3 is 0 Å². The third-order valence-corrected chi connectivity index (χ3v) is 7.45. The van der Waals surface area contributed by atoms with E-state index in [0.717, 1.165) is 68.9 Å². The van der Waals surface area contributed by atoms with Crippen LogP contribution in [0.3, 0.4) is 0 Å². The van der Waals surface area contributed by atoms with Gasteiger partial charge < -0.3 is 15.6 Å². The molecule has 5 heterocycles. The number of nitrogens with one attached hydrogen (secondary N) is 4. The maximum Gasteiger partial charge on any atom is 0.255 e. The van der Waals surface area contributed by atoms with Crippen LogP contribution in [0.4, 0.5) is 23.1 Å². The minimum Gasteiger partial charge on any atom is -0.338 e. The van der Waals surface area contributed by atoms with Gasteiger partial charge in [0.1, 0.15) is 0 Å². The number of hydrogen-bond donors (Lipinski definition) is 4. The van der Waals surface area contributed by atoms with Crippen LogP contribution in [0.15, 0.2) is 36.7 Å². The third kappa shape index (κ3) is 5.07. The molecule has 1 amide bonds. The van der Waals surface area contributed by atoms with Crippen LogP contribution >= 0.6 is 0 Å². The zero-order valence-corrected chi connectivity index (χ0v) is 21.3. The molecule has 2 aromatic heterocycles. The fourth-order valence-corrected chi connectivity index (χ4v) is 5.64. The zero-order chi connectivity index (χ0) is 25.4. The summed E-state index contributed by atoms with van der Waals surface area (Å²) < 4.78 is 0. The summed E-state index contributed by atoms with van der Waals surface area (Å²) in [5.41, 5.74) is 15.9. The van der Waals surface area contributed by atoms with Gasteiger partial charge in [-0.05, 0) is 75.4 Å². The Morgan fingerprint density at radius 1 is 1.03 bits per heavy atom. The number of hydrazine groups is 2. The average molecular weight is 504 g/mol. The Morgan fingerprint density at radius 2 is 1.84 bits per heavy atom. The molecule has 3 aliphatic rings. The van der Waals surface area contributed by atoms with Gasteiger partial charge in [-0.25, -0.2) is 15.0 Å². The van der Waals surface area contributed by atoms with Crippen LogP contribution in [0.25, 0.3) is 0 Å². The lowest BCUT2D eigenvalue weighted by Crippen LogP contribution is -2.46. The lowest BCUT2D eigenvalue weighted by molar-refractivity contribution is 0.0609. The van der Waals surface area contributed by atoms with E-state index >= 15 is 0 Å². The number of anilines is 4. The molecule has 1 aromatic carbocycles. The molecular weight excluding hydrogens is 466 g/mol. The summed E-state index contributed by atoms with van der Waals surface area (Å²) >= 11 is 0. The first-order chi connectivity index (χ1) is 18.0. The molecule has 37 heavy (non-hydrogen) atoms. The lowest BCUT2D eigenvalue weighted by atomic mass is 10.0. The van der Waals surface area contributed by atoms with Crippen LogP contribution in [0, 0.1) is 13.8 Å². The van der Waals surface area contributed by atoms with Crippen LogP contribution < -0.4 is 21.7 Å². The highest BCUT2D eigenvalue weighted by Gasteiger charge is 2.29. The molecular formula is C27H37N9O. The Balaban J connectivity index is 0.00000176. The van der Waals surface area contributed by atoms with Crippen molar-refractivity contribution in [3.8, 4) is 0 Å². The monoisotopic (exact) mass is 503 g/mol. The number of piperidine rings is 1. The first-order valence-electron chi connectivity index (χ1n) is 13.0. The van der Waals surface area contributed by atoms with Gasteiger partial charge in [-0.3, -0.25) is 15.1 Å². The molecule has 0 unspecified atom stereocenters. The van der Waals surface area contributed by atoms with Crippen LogP contribution in [-0.2, 0) is 13.0 Å². The fraction of sp³-hybridized carbons (Fsp3) is 0.407. The molecule has 10 nitrogen and oxygen atoms in total. The Labute approximate surface area is 219 Å². The first-order valence-corrected chi connectivity index (χ1v) is 13.0. The van der Waals surface area contributed by atoms with Gasteiger partial charge in [-0.2, -0.15) is 0 Å². The number of benzene rings is 1. The second kappa shape index (κ2) is 9.95. The van der Waals surface area contributed by atoms with Gasteiger partial charge in [-0.15, -0.1) is 5.53 Å². The van der Waals surface area contributed by atoms with E-state index in [9.17, 15) is 4.79 Å². The number of carbonyl (C=O) groups excluding carboxylic acids is 1. The van der Waals surface area contributed by atoms with Gasteiger partial charge in [0.15, 0.2) is 5.82 Å². The van der Waals surface area contributed by atoms with E-state index in [1.165, 1.54) is 16.7 Å². The molecule has 3 aromatic rings. The molecule has 10 heteroatoms. The van der Waals surface area contributed by atoms with Crippen LogP contribution in [0.2, 0.25) is 0 Å². The standard InChI is InChI=1S/C27H33N9O.2H2/c1-17-10-18(2)12-21(11-17)30-27-29-15-20-16-36(7-3-4-23(20)31-27)22-5-8-35(9-6-22)26(37)19-13-24-25(28-14-19)33-34-32-24;;/h10-15,22,32,34H,3-9,16H2,1-2H3,(H,28,33)(H,29,30,31);2*1H. The summed E-state index contributed by atoms with van der Waals surface area (Å²) in [6.45, 7) is 7.60. The van der Waals surface area contributed by atoms with Gasteiger partial charge in [0.25, 0.3) is 5.91 Å². The number of rotatable bonds is 4. The van der Waals surface area contributed by atoms with E-state index in [4.69, 9.17) is 4.98 Å². The predicted molar refractivity (Wildman–Crippen MR) is 148 cm³/mol. The van der Waals surface area contributed by atoms with Gasteiger partial charge in [0, 0.05) is 52.2 Å². The minimum absolute atomic E-state index is 0. The van der Waals surface area contributed by atoms with Gasteiger partial charge in [-0.1, -0.05) is 6.07 Å². The van der Waals surface area contributed by atoms with E-state index in [-0.39, 0.29) is 8.76 Å². The third-order valence-electron chi connectivity index (χ3n) is 7.45. The summed E-state index contributed by atoms with van der Waals surface area (Å²) in [4.78, 5) is 31.4. The van der Waals surface area contributed by atoms with Gasteiger partial charge in [0.05, 0.1) is 16.9 Å². The largest absolute Gasteiger partial charge is 0.338 e. The number of nitrogens with zero attached hydrogens (tertiary/aromatic N) is 5. The van der Waals surface area contributed by atoms with E-state index < -0.39 is 0 Å². The summed E-state index contributed by atoms with van der Waals surface area (Å²) in [7, 11) is 0.